The Balaban J connectivity index is 1.44. The minimum absolute atomic E-state index is 0.0503. The molecule has 2 saturated heterocycles. The molecule has 2 atom stereocenters. The SMILES string of the molecule is CO[C@H]1C[C@@H](O)C12CCN(c1cc(N3CCOCC3)ncn1)CC2. The molecule has 3 aliphatic rings. The van der Waals surface area contributed by atoms with Gasteiger partial charge in [0, 0.05) is 51.2 Å². The Labute approximate surface area is 142 Å². The number of nitrogens with zero attached hydrogens (tertiary/aromatic N) is 4. The molecule has 3 fully saturated rings. The van der Waals surface area contributed by atoms with E-state index in [4.69, 9.17) is 9.47 Å². The lowest BCUT2D eigenvalue weighted by Crippen LogP contribution is -2.62. The molecular weight excluding hydrogens is 308 g/mol. The molecule has 132 valence electrons. The highest BCUT2D eigenvalue weighted by molar-refractivity contribution is 5.50. The van der Waals surface area contributed by atoms with Crippen LogP contribution < -0.4 is 9.80 Å². The van der Waals surface area contributed by atoms with Crippen LogP contribution in [0.1, 0.15) is 19.3 Å². The summed E-state index contributed by atoms with van der Waals surface area (Å²) in [6.07, 6.45) is 4.29. The maximum Gasteiger partial charge on any atom is 0.134 e. The zero-order valence-electron chi connectivity index (χ0n) is 14.2. The molecule has 1 aliphatic carbocycles. The van der Waals surface area contributed by atoms with Crippen molar-refractivity contribution in [2.45, 2.75) is 31.5 Å². The highest BCUT2D eigenvalue weighted by Crippen LogP contribution is 2.51. The summed E-state index contributed by atoms with van der Waals surface area (Å²) >= 11 is 0. The summed E-state index contributed by atoms with van der Waals surface area (Å²) in [6.45, 7) is 5.05. The van der Waals surface area contributed by atoms with Gasteiger partial charge in [-0.1, -0.05) is 0 Å². The number of methoxy groups -OCH3 is 1. The average Bonchev–Trinajstić information content (AvgIpc) is 2.67. The van der Waals surface area contributed by atoms with Gasteiger partial charge in [-0.15, -0.1) is 0 Å². The number of aliphatic hydroxyl groups is 1. The first-order valence-electron chi connectivity index (χ1n) is 8.83. The van der Waals surface area contributed by atoms with E-state index in [1.165, 1.54) is 0 Å². The lowest BCUT2D eigenvalue weighted by Gasteiger charge is -2.56. The molecule has 1 spiro atoms. The van der Waals surface area contributed by atoms with Gasteiger partial charge in [0.05, 0.1) is 25.4 Å². The smallest absolute Gasteiger partial charge is 0.134 e. The topological polar surface area (TPSA) is 71.0 Å². The van der Waals surface area contributed by atoms with Gasteiger partial charge < -0.3 is 24.4 Å². The summed E-state index contributed by atoms with van der Waals surface area (Å²) in [6, 6.07) is 2.08. The fourth-order valence-corrected chi connectivity index (χ4v) is 4.34. The third kappa shape index (κ3) is 2.64. The van der Waals surface area contributed by atoms with Crippen LogP contribution in [-0.2, 0) is 9.47 Å². The van der Waals surface area contributed by atoms with E-state index in [2.05, 4.69) is 25.8 Å². The van der Waals surface area contributed by atoms with Gasteiger partial charge in [-0.05, 0) is 12.8 Å². The van der Waals surface area contributed by atoms with Gasteiger partial charge in [0.25, 0.3) is 0 Å². The summed E-state index contributed by atoms with van der Waals surface area (Å²) in [4.78, 5) is 13.4. The first kappa shape index (κ1) is 16.1. The van der Waals surface area contributed by atoms with E-state index < -0.39 is 0 Å². The molecule has 0 unspecified atom stereocenters. The average molecular weight is 334 g/mol. The fraction of sp³-hybridized carbons (Fsp3) is 0.765. The lowest BCUT2D eigenvalue weighted by atomic mass is 9.58. The van der Waals surface area contributed by atoms with Crippen molar-refractivity contribution in [2.75, 3.05) is 56.3 Å². The molecule has 7 heteroatoms. The van der Waals surface area contributed by atoms with E-state index >= 15 is 0 Å². The molecule has 24 heavy (non-hydrogen) atoms. The van der Waals surface area contributed by atoms with Crippen molar-refractivity contribution in [3.63, 3.8) is 0 Å². The van der Waals surface area contributed by atoms with E-state index in [-0.39, 0.29) is 17.6 Å². The van der Waals surface area contributed by atoms with Crippen molar-refractivity contribution in [3.8, 4) is 0 Å². The van der Waals surface area contributed by atoms with E-state index in [9.17, 15) is 5.11 Å². The zero-order chi connectivity index (χ0) is 16.6. The molecule has 2 aliphatic heterocycles. The third-order valence-electron chi connectivity index (χ3n) is 6.02. The summed E-state index contributed by atoms with van der Waals surface area (Å²) in [5.74, 6) is 1.95. The molecule has 1 N–H and O–H groups in total. The third-order valence-corrected chi connectivity index (χ3v) is 6.02. The number of rotatable bonds is 3. The highest BCUT2D eigenvalue weighted by Gasteiger charge is 2.55. The van der Waals surface area contributed by atoms with Crippen molar-refractivity contribution in [3.05, 3.63) is 12.4 Å². The monoisotopic (exact) mass is 334 g/mol. The molecule has 0 amide bonds. The Morgan fingerprint density at radius 3 is 2.33 bits per heavy atom. The second-order valence-electron chi connectivity index (χ2n) is 7.03. The molecule has 1 aromatic rings. The molecule has 7 nitrogen and oxygen atoms in total. The largest absolute Gasteiger partial charge is 0.392 e. The van der Waals surface area contributed by atoms with Gasteiger partial charge >= 0.3 is 0 Å². The number of aromatic nitrogens is 2. The number of anilines is 2. The Morgan fingerprint density at radius 2 is 1.75 bits per heavy atom. The summed E-state index contributed by atoms with van der Waals surface area (Å²) < 4.78 is 11.0. The van der Waals surface area contributed by atoms with Crippen LogP contribution in [0.3, 0.4) is 0 Å². The second kappa shape index (κ2) is 6.46. The number of hydrogen-bond donors (Lipinski definition) is 1. The maximum absolute atomic E-state index is 10.3. The first-order valence-corrected chi connectivity index (χ1v) is 8.83. The van der Waals surface area contributed by atoms with Gasteiger partial charge in [0.2, 0.25) is 0 Å². The van der Waals surface area contributed by atoms with E-state index in [1.54, 1.807) is 13.4 Å². The maximum atomic E-state index is 10.3. The van der Waals surface area contributed by atoms with E-state index in [1.807, 2.05) is 0 Å². The van der Waals surface area contributed by atoms with Crippen molar-refractivity contribution >= 4 is 11.6 Å². The van der Waals surface area contributed by atoms with Crippen molar-refractivity contribution < 1.29 is 14.6 Å². The van der Waals surface area contributed by atoms with Crippen LogP contribution in [0.2, 0.25) is 0 Å². The predicted molar refractivity (Wildman–Crippen MR) is 90.4 cm³/mol. The van der Waals surface area contributed by atoms with Gasteiger partial charge in [-0.25, -0.2) is 9.97 Å². The van der Waals surface area contributed by atoms with Gasteiger partial charge in [-0.3, -0.25) is 0 Å². The van der Waals surface area contributed by atoms with Crippen LogP contribution in [0, 0.1) is 5.41 Å². The van der Waals surface area contributed by atoms with Gasteiger partial charge in [0.15, 0.2) is 0 Å². The summed E-state index contributed by atoms with van der Waals surface area (Å²) in [5.41, 5.74) is -0.0503. The minimum atomic E-state index is -0.223. The van der Waals surface area contributed by atoms with Crippen molar-refractivity contribution in [1.82, 2.24) is 9.97 Å². The molecule has 1 aromatic heterocycles. The number of piperidine rings is 1. The molecule has 0 aromatic carbocycles. The van der Waals surface area contributed by atoms with Crippen LogP contribution >= 0.6 is 0 Å². The Morgan fingerprint density at radius 1 is 1.12 bits per heavy atom. The predicted octanol–water partition coefficient (Wildman–Crippen LogP) is 0.679. The van der Waals surface area contributed by atoms with Crippen LogP contribution in [0.4, 0.5) is 11.6 Å². The summed E-state index contributed by atoms with van der Waals surface area (Å²) in [7, 11) is 1.75. The number of ether oxygens (including phenoxy) is 2. The molecular formula is C17H26N4O3. The highest BCUT2D eigenvalue weighted by atomic mass is 16.5. The Bertz CT molecular complexity index is 571. The van der Waals surface area contributed by atoms with Gasteiger partial charge in [0.1, 0.15) is 18.0 Å². The van der Waals surface area contributed by atoms with Crippen molar-refractivity contribution in [2.24, 2.45) is 5.41 Å². The van der Waals surface area contributed by atoms with Crippen LogP contribution in [0.5, 0.6) is 0 Å². The second-order valence-corrected chi connectivity index (χ2v) is 7.03. The lowest BCUT2D eigenvalue weighted by molar-refractivity contribution is -0.190. The number of morpholine rings is 1. The molecule has 0 radical (unpaired) electrons. The van der Waals surface area contributed by atoms with E-state index in [0.29, 0.717) is 0 Å². The zero-order valence-corrected chi connectivity index (χ0v) is 14.2. The standard InChI is InChI=1S/C17H26N4O3/c1-23-14-10-13(22)17(14)2-4-20(5-3-17)15-11-16(19-12-18-15)21-6-8-24-9-7-21/h11-14,22H,2-10H2,1H3/t13-,14+/m1/s1. The van der Waals surface area contributed by atoms with Crippen LogP contribution in [0.25, 0.3) is 0 Å². The Hall–Kier alpha value is -1.44. The normalized spacial score (nSPS) is 29.6. The van der Waals surface area contributed by atoms with Crippen molar-refractivity contribution in [1.29, 1.82) is 0 Å². The first-order chi connectivity index (χ1) is 11.7. The fourth-order valence-electron chi connectivity index (χ4n) is 4.34. The minimum Gasteiger partial charge on any atom is -0.392 e. The quantitative estimate of drug-likeness (QED) is 0.871. The van der Waals surface area contributed by atoms with E-state index in [0.717, 1.165) is 70.3 Å². The van der Waals surface area contributed by atoms with Gasteiger partial charge in [-0.2, -0.15) is 0 Å². The molecule has 0 bridgehead atoms. The molecule has 4 rings (SSSR count). The van der Waals surface area contributed by atoms with Crippen LogP contribution in [0.15, 0.2) is 12.4 Å². The molecule has 3 heterocycles. The Kier molecular flexibility index (Phi) is 4.32. The molecule has 1 saturated carbocycles. The van der Waals surface area contributed by atoms with Crippen LogP contribution in [-0.4, -0.2) is 73.8 Å². The summed E-state index contributed by atoms with van der Waals surface area (Å²) in [5, 5.41) is 10.3. The number of hydrogen-bond acceptors (Lipinski definition) is 7. The number of aliphatic hydroxyl groups excluding tert-OH is 1.